The van der Waals surface area contributed by atoms with Crippen molar-refractivity contribution in [3.8, 4) is 0 Å². The van der Waals surface area contributed by atoms with Crippen LogP contribution in [0.5, 0.6) is 0 Å². The molecule has 3 aromatic carbocycles. The van der Waals surface area contributed by atoms with Crippen LogP contribution in [0.15, 0.2) is 84.9 Å². The Morgan fingerprint density at radius 3 is 2.11 bits per heavy atom. The Morgan fingerprint density at radius 1 is 0.886 bits per heavy atom. The maximum Gasteiger partial charge on any atom is 0.243 e. The van der Waals surface area contributed by atoms with Gasteiger partial charge in [0.1, 0.15) is 11.9 Å². The summed E-state index contributed by atoms with van der Waals surface area (Å²) in [7, 11) is 0. The van der Waals surface area contributed by atoms with E-state index in [1.54, 1.807) is 23.1 Å². The molecule has 0 aliphatic heterocycles. The summed E-state index contributed by atoms with van der Waals surface area (Å²) in [6.45, 7) is 4.95. The van der Waals surface area contributed by atoms with Crippen molar-refractivity contribution in [2.24, 2.45) is 5.92 Å². The van der Waals surface area contributed by atoms with Crippen LogP contribution in [0, 0.1) is 11.7 Å². The molecule has 4 nitrogen and oxygen atoms in total. The second kappa shape index (κ2) is 13.7. The summed E-state index contributed by atoms with van der Waals surface area (Å²) >= 11 is 1.36. The maximum absolute atomic E-state index is 14.0. The summed E-state index contributed by atoms with van der Waals surface area (Å²) in [6, 6.07) is 25.4. The van der Waals surface area contributed by atoms with Crippen LogP contribution in [0.4, 0.5) is 4.39 Å². The molecule has 3 rings (SSSR count). The summed E-state index contributed by atoms with van der Waals surface area (Å²) in [5, 5.41) is 3.02. The van der Waals surface area contributed by atoms with E-state index in [2.05, 4.69) is 5.32 Å². The van der Waals surface area contributed by atoms with Crippen LogP contribution in [-0.2, 0) is 28.3 Å². The Balaban J connectivity index is 1.82. The largest absolute Gasteiger partial charge is 0.354 e. The van der Waals surface area contributed by atoms with Crippen LogP contribution < -0.4 is 5.32 Å². The van der Waals surface area contributed by atoms with E-state index in [-0.39, 0.29) is 23.4 Å². The van der Waals surface area contributed by atoms with Gasteiger partial charge in [-0.15, -0.1) is 11.8 Å². The first-order chi connectivity index (χ1) is 16.9. The Bertz CT molecular complexity index is 1080. The number of carbonyl (C=O) groups is 2. The summed E-state index contributed by atoms with van der Waals surface area (Å²) in [6.07, 6.45) is 0.418. The van der Waals surface area contributed by atoms with E-state index < -0.39 is 6.04 Å². The van der Waals surface area contributed by atoms with Crippen molar-refractivity contribution in [3.05, 3.63) is 107 Å². The van der Waals surface area contributed by atoms with Gasteiger partial charge in [0.05, 0.1) is 5.75 Å². The number of carbonyl (C=O) groups excluding carboxylic acids is 2. The van der Waals surface area contributed by atoms with Gasteiger partial charge in [-0.3, -0.25) is 9.59 Å². The quantitative estimate of drug-likeness (QED) is 0.365. The Labute approximate surface area is 211 Å². The van der Waals surface area contributed by atoms with E-state index in [0.29, 0.717) is 36.7 Å². The second-order valence-corrected chi connectivity index (χ2v) is 9.92. The van der Waals surface area contributed by atoms with Crippen molar-refractivity contribution in [1.82, 2.24) is 10.2 Å². The maximum atomic E-state index is 14.0. The van der Waals surface area contributed by atoms with Gasteiger partial charge in [0, 0.05) is 25.3 Å². The molecule has 3 aromatic rings. The Kier molecular flexibility index (Phi) is 10.4. The topological polar surface area (TPSA) is 49.4 Å². The first-order valence-electron chi connectivity index (χ1n) is 11.9. The molecule has 184 valence electrons. The molecule has 0 radical (unpaired) electrons. The second-order valence-electron chi connectivity index (χ2n) is 8.94. The summed E-state index contributed by atoms with van der Waals surface area (Å²) in [4.78, 5) is 28.6. The zero-order chi connectivity index (χ0) is 25.0. The van der Waals surface area contributed by atoms with E-state index in [1.807, 2.05) is 74.5 Å². The van der Waals surface area contributed by atoms with Gasteiger partial charge in [-0.25, -0.2) is 4.39 Å². The number of thioether (sulfide) groups is 1. The lowest BCUT2D eigenvalue weighted by Gasteiger charge is -2.31. The number of benzene rings is 3. The molecule has 1 atom stereocenters. The molecule has 0 saturated heterocycles. The Hall–Kier alpha value is -3.12. The smallest absolute Gasteiger partial charge is 0.243 e. The summed E-state index contributed by atoms with van der Waals surface area (Å²) in [5.74, 6) is 0.265. The lowest BCUT2D eigenvalue weighted by Crippen LogP contribution is -2.51. The van der Waals surface area contributed by atoms with Crippen molar-refractivity contribution >= 4 is 23.6 Å². The van der Waals surface area contributed by atoms with E-state index in [1.165, 1.54) is 17.8 Å². The molecule has 0 bridgehead atoms. The normalized spacial score (nSPS) is 11.8. The van der Waals surface area contributed by atoms with Gasteiger partial charge in [-0.05, 0) is 28.7 Å². The number of amides is 2. The highest BCUT2D eigenvalue weighted by Crippen LogP contribution is 2.19. The number of nitrogens with zero attached hydrogens (tertiary/aromatic N) is 1. The number of rotatable bonds is 12. The molecule has 0 saturated carbocycles. The lowest BCUT2D eigenvalue weighted by molar-refractivity contribution is -0.139. The fourth-order valence-electron chi connectivity index (χ4n) is 3.70. The van der Waals surface area contributed by atoms with Crippen molar-refractivity contribution in [3.63, 3.8) is 0 Å². The van der Waals surface area contributed by atoms with Gasteiger partial charge in [0.15, 0.2) is 0 Å². The predicted octanol–water partition coefficient (Wildman–Crippen LogP) is 5.47. The van der Waals surface area contributed by atoms with Crippen LogP contribution in [0.3, 0.4) is 0 Å². The van der Waals surface area contributed by atoms with Crippen LogP contribution >= 0.6 is 11.8 Å². The van der Waals surface area contributed by atoms with Crippen LogP contribution in [0.2, 0.25) is 0 Å². The van der Waals surface area contributed by atoms with Gasteiger partial charge in [-0.2, -0.15) is 0 Å². The third-order valence-electron chi connectivity index (χ3n) is 5.59. The molecule has 0 heterocycles. The molecule has 0 fully saturated rings. The van der Waals surface area contributed by atoms with Gasteiger partial charge in [0.25, 0.3) is 0 Å². The van der Waals surface area contributed by atoms with Crippen molar-refractivity contribution in [2.75, 3.05) is 12.3 Å². The highest BCUT2D eigenvalue weighted by atomic mass is 32.2. The van der Waals surface area contributed by atoms with E-state index >= 15 is 0 Å². The van der Waals surface area contributed by atoms with Crippen molar-refractivity contribution < 1.29 is 14.0 Å². The molecular weight excluding hydrogens is 459 g/mol. The van der Waals surface area contributed by atoms with Crippen LogP contribution in [-0.4, -0.2) is 35.1 Å². The van der Waals surface area contributed by atoms with Crippen molar-refractivity contribution in [2.45, 2.75) is 38.6 Å². The van der Waals surface area contributed by atoms with Crippen molar-refractivity contribution in [1.29, 1.82) is 0 Å². The van der Waals surface area contributed by atoms with Gasteiger partial charge in [0.2, 0.25) is 11.8 Å². The molecule has 0 aromatic heterocycles. The third-order valence-corrected chi connectivity index (χ3v) is 6.56. The Morgan fingerprint density at radius 2 is 1.49 bits per heavy atom. The zero-order valence-electron chi connectivity index (χ0n) is 20.3. The minimum absolute atomic E-state index is 0.143. The average Bonchev–Trinajstić information content (AvgIpc) is 2.87. The lowest BCUT2D eigenvalue weighted by atomic mass is 10.0. The molecule has 6 heteroatoms. The first kappa shape index (κ1) is 26.5. The molecule has 35 heavy (non-hydrogen) atoms. The zero-order valence-corrected chi connectivity index (χ0v) is 21.1. The predicted molar refractivity (Wildman–Crippen MR) is 141 cm³/mol. The van der Waals surface area contributed by atoms with Crippen LogP contribution in [0.25, 0.3) is 0 Å². The molecule has 1 N–H and O–H groups in total. The SMILES string of the molecule is CC(C)CNC(=O)[C@@H](Cc1ccccc1)N(Cc1ccccc1)C(=O)CSCc1ccccc1F. The van der Waals surface area contributed by atoms with Gasteiger partial charge in [-0.1, -0.05) is 92.7 Å². The highest BCUT2D eigenvalue weighted by molar-refractivity contribution is 7.99. The minimum Gasteiger partial charge on any atom is -0.354 e. The third kappa shape index (κ3) is 8.55. The monoisotopic (exact) mass is 492 g/mol. The number of hydrogen-bond acceptors (Lipinski definition) is 3. The number of halogens is 1. The van der Waals surface area contributed by atoms with Gasteiger partial charge >= 0.3 is 0 Å². The first-order valence-corrected chi connectivity index (χ1v) is 13.1. The minimum atomic E-state index is -0.655. The van der Waals surface area contributed by atoms with E-state index in [0.717, 1.165) is 11.1 Å². The van der Waals surface area contributed by atoms with E-state index in [9.17, 15) is 14.0 Å². The molecule has 2 amide bonds. The standard InChI is InChI=1S/C29H33FN2O2S/c1-22(2)18-31-29(34)27(17-23-11-5-3-6-12-23)32(19-24-13-7-4-8-14-24)28(33)21-35-20-25-15-9-10-16-26(25)30/h3-16,22,27H,17-21H2,1-2H3,(H,31,34)/t27-/m1/s1. The summed E-state index contributed by atoms with van der Waals surface area (Å²) in [5.41, 5.74) is 2.51. The highest BCUT2D eigenvalue weighted by Gasteiger charge is 2.30. The van der Waals surface area contributed by atoms with E-state index in [4.69, 9.17) is 0 Å². The number of nitrogens with one attached hydrogen (secondary N) is 1. The summed E-state index contributed by atoms with van der Waals surface area (Å²) < 4.78 is 14.0. The molecular formula is C29H33FN2O2S. The number of hydrogen-bond donors (Lipinski definition) is 1. The molecule has 0 spiro atoms. The average molecular weight is 493 g/mol. The fourth-order valence-corrected chi connectivity index (χ4v) is 4.60. The molecule has 0 aliphatic rings. The fraction of sp³-hybridized carbons (Fsp3) is 0.310. The molecule has 0 aliphatic carbocycles. The molecule has 0 unspecified atom stereocenters. The van der Waals surface area contributed by atoms with Gasteiger partial charge < -0.3 is 10.2 Å². The van der Waals surface area contributed by atoms with Crippen LogP contribution in [0.1, 0.15) is 30.5 Å².